The molecule has 0 heterocycles. The van der Waals surface area contributed by atoms with Crippen molar-refractivity contribution in [2.45, 2.75) is 65.3 Å². The zero-order chi connectivity index (χ0) is 21.8. The monoisotopic (exact) mass is 403 g/mol. The SMILES string of the molecule is COC(=O)[C@H](CC(C)C)N[C@@H](C#N)[C@H](CC(C)C)NC(=O)OCc1ccccc1. The number of nitrogens with one attached hydrogen (secondary N) is 2. The first-order valence-corrected chi connectivity index (χ1v) is 9.97. The van der Waals surface area contributed by atoms with Crippen molar-refractivity contribution in [3.05, 3.63) is 35.9 Å². The number of carbonyl (C=O) groups is 2. The highest BCUT2D eigenvalue weighted by Gasteiger charge is 2.30. The number of esters is 1. The Morgan fingerprint density at radius 2 is 1.69 bits per heavy atom. The molecule has 0 spiro atoms. The van der Waals surface area contributed by atoms with Gasteiger partial charge in [0.2, 0.25) is 0 Å². The molecule has 160 valence electrons. The van der Waals surface area contributed by atoms with Crippen LogP contribution < -0.4 is 10.6 Å². The second-order valence-electron chi connectivity index (χ2n) is 7.92. The van der Waals surface area contributed by atoms with Crippen molar-refractivity contribution in [2.75, 3.05) is 7.11 Å². The fourth-order valence-electron chi connectivity index (χ4n) is 3.01. The average Bonchev–Trinajstić information content (AvgIpc) is 2.68. The summed E-state index contributed by atoms with van der Waals surface area (Å²) in [6, 6.07) is 9.65. The second-order valence-corrected chi connectivity index (χ2v) is 7.92. The number of nitriles is 1. The molecule has 1 aromatic carbocycles. The van der Waals surface area contributed by atoms with Crippen LogP contribution in [0.15, 0.2) is 30.3 Å². The van der Waals surface area contributed by atoms with Crippen LogP contribution in [0.4, 0.5) is 4.79 Å². The molecule has 0 aliphatic heterocycles. The third-order valence-corrected chi connectivity index (χ3v) is 4.36. The first kappa shape index (κ1) is 24.4. The number of alkyl carbamates (subject to hydrolysis) is 1. The van der Waals surface area contributed by atoms with E-state index >= 15 is 0 Å². The predicted octanol–water partition coefficient (Wildman–Crippen LogP) is 3.40. The van der Waals surface area contributed by atoms with Crippen LogP contribution in [0.25, 0.3) is 0 Å². The van der Waals surface area contributed by atoms with Crippen LogP contribution >= 0.6 is 0 Å². The largest absolute Gasteiger partial charge is 0.468 e. The van der Waals surface area contributed by atoms with Gasteiger partial charge in [-0.2, -0.15) is 5.26 Å². The lowest BCUT2D eigenvalue weighted by Gasteiger charge is -2.28. The Kier molecular flexibility index (Phi) is 10.8. The molecule has 1 aromatic rings. The van der Waals surface area contributed by atoms with Crippen LogP contribution in [0.2, 0.25) is 0 Å². The minimum Gasteiger partial charge on any atom is -0.468 e. The van der Waals surface area contributed by atoms with Crippen LogP contribution in [0.5, 0.6) is 0 Å². The van der Waals surface area contributed by atoms with Crippen LogP contribution in [0, 0.1) is 23.2 Å². The minimum atomic E-state index is -0.760. The van der Waals surface area contributed by atoms with E-state index in [1.165, 1.54) is 7.11 Å². The van der Waals surface area contributed by atoms with Crippen molar-refractivity contribution in [2.24, 2.45) is 11.8 Å². The van der Waals surface area contributed by atoms with E-state index in [1.807, 2.05) is 58.0 Å². The van der Waals surface area contributed by atoms with Crippen molar-refractivity contribution in [1.82, 2.24) is 10.6 Å². The van der Waals surface area contributed by atoms with Gasteiger partial charge in [-0.15, -0.1) is 0 Å². The summed E-state index contributed by atoms with van der Waals surface area (Å²) in [5, 5.41) is 15.6. The van der Waals surface area contributed by atoms with Crippen LogP contribution in [-0.2, 0) is 20.9 Å². The molecular formula is C22H33N3O4. The predicted molar refractivity (Wildman–Crippen MR) is 111 cm³/mol. The Morgan fingerprint density at radius 1 is 1.07 bits per heavy atom. The number of ether oxygens (including phenoxy) is 2. The van der Waals surface area contributed by atoms with Gasteiger partial charge >= 0.3 is 12.1 Å². The van der Waals surface area contributed by atoms with Crippen molar-refractivity contribution >= 4 is 12.1 Å². The van der Waals surface area contributed by atoms with Gasteiger partial charge in [0.1, 0.15) is 18.7 Å². The summed E-state index contributed by atoms with van der Waals surface area (Å²) in [6.45, 7) is 8.13. The quantitative estimate of drug-likeness (QED) is 0.549. The van der Waals surface area contributed by atoms with E-state index < -0.39 is 30.2 Å². The topological polar surface area (TPSA) is 100 Å². The zero-order valence-corrected chi connectivity index (χ0v) is 18.0. The summed E-state index contributed by atoms with van der Waals surface area (Å²) in [4.78, 5) is 24.4. The maximum atomic E-state index is 12.3. The van der Waals surface area contributed by atoms with Crippen molar-refractivity contribution in [3.63, 3.8) is 0 Å². The number of hydrogen-bond donors (Lipinski definition) is 2. The molecule has 29 heavy (non-hydrogen) atoms. The van der Waals surface area contributed by atoms with Gasteiger partial charge in [0.05, 0.1) is 19.2 Å². The highest BCUT2D eigenvalue weighted by molar-refractivity contribution is 5.75. The lowest BCUT2D eigenvalue weighted by atomic mass is 9.96. The molecule has 0 unspecified atom stereocenters. The Bertz CT molecular complexity index is 670. The van der Waals surface area contributed by atoms with Crippen molar-refractivity contribution in [3.8, 4) is 6.07 Å². The molecule has 1 amide bonds. The molecule has 2 N–H and O–H groups in total. The van der Waals surface area contributed by atoms with E-state index in [2.05, 4.69) is 16.7 Å². The fourth-order valence-corrected chi connectivity index (χ4v) is 3.01. The zero-order valence-electron chi connectivity index (χ0n) is 18.0. The maximum absolute atomic E-state index is 12.3. The highest BCUT2D eigenvalue weighted by atomic mass is 16.5. The number of benzene rings is 1. The van der Waals surface area contributed by atoms with E-state index in [-0.39, 0.29) is 18.4 Å². The third kappa shape index (κ3) is 9.44. The van der Waals surface area contributed by atoms with Crippen molar-refractivity contribution < 1.29 is 19.1 Å². The standard InChI is InChI=1S/C22H33N3O4/c1-15(2)11-18(25-22(27)29-14-17-9-7-6-8-10-17)20(13-23)24-19(12-16(3)4)21(26)28-5/h6-10,15-16,18-20,24H,11-12,14H2,1-5H3,(H,25,27)/t18-,19-,20-/m0/s1. The van der Waals surface area contributed by atoms with Crippen LogP contribution in [0.1, 0.15) is 46.1 Å². The number of rotatable bonds is 11. The molecule has 7 nitrogen and oxygen atoms in total. The number of carbonyl (C=O) groups excluding carboxylic acids is 2. The molecule has 0 aliphatic rings. The molecule has 0 aromatic heterocycles. The Morgan fingerprint density at radius 3 is 2.21 bits per heavy atom. The Balaban J connectivity index is 2.82. The fraction of sp³-hybridized carbons (Fsp3) is 0.591. The summed E-state index contributed by atoms with van der Waals surface area (Å²) in [5.74, 6) is 0.0425. The Hall–Kier alpha value is -2.59. The molecule has 0 fully saturated rings. The number of amides is 1. The van der Waals surface area contributed by atoms with Gasteiger partial charge in [-0.25, -0.2) is 4.79 Å². The van der Waals surface area contributed by atoms with E-state index in [0.29, 0.717) is 12.8 Å². The first-order chi connectivity index (χ1) is 13.8. The summed E-state index contributed by atoms with van der Waals surface area (Å²) < 4.78 is 10.2. The maximum Gasteiger partial charge on any atom is 0.407 e. The second kappa shape index (κ2) is 12.8. The summed E-state index contributed by atoms with van der Waals surface area (Å²) >= 11 is 0. The molecule has 1 rings (SSSR count). The van der Waals surface area contributed by atoms with Gasteiger partial charge < -0.3 is 14.8 Å². The van der Waals surface area contributed by atoms with Gasteiger partial charge in [0.25, 0.3) is 0 Å². The number of methoxy groups -OCH3 is 1. The van der Waals surface area contributed by atoms with Gasteiger partial charge in [-0.1, -0.05) is 58.0 Å². The van der Waals surface area contributed by atoms with E-state index in [0.717, 1.165) is 5.56 Å². The van der Waals surface area contributed by atoms with Crippen molar-refractivity contribution in [1.29, 1.82) is 5.26 Å². The lowest BCUT2D eigenvalue weighted by Crippen LogP contribution is -2.55. The third-order valence-electron chi connectivity index (χ3n) is 4.36. The number of hydrogen-bond acceptors (Lipinski definition) is 6. The molecule has 0 radical (unpaired) electrons. The molecule has 7 heteroatoms. The molecule has 0 saturated heterocycles. The molecular weight excluding hydrogens is 370 g/mol. The first-order valence-electron chi connectivity index (χ1n) is 9.97. The number of nitrogens with zero attached hydrogens (tertiary/aromatic N) is 1. The summed E-state index contributed by atoms with van der Waals surface area (Å²) in [7, 11) is 1.32. The minimum absolute atomic E-state index is 0.143. The van der Waals surface area contributed by atoms with Crippen LogP contribution in [0.3, 0.4) is 0 Å². The molecule has 0 aliphatic carbocycles. The van der Waals surface area contributed by atoms with Gasteiger partial charge in [-0.05, 0) is 30.2 Å². The normalized spacial score (nSPS) is 14.0. The Labute approximate surface area is 173 Å². The van der Waals surface area contributed by atoms with E-state index in [1.54, 1.807) is 0 Å². The smallest absolute Gasteiger partial charge is 0.407 e. The summed E-state index contributed by atoms with van der Waals surface area (Å²) in [5.41, 5.74) is 0.876. The molecule has 0 saturated carbocycles. The summed E-state index contributed by atoms with van der Waals surface area (Å²) in [6.07, 6.45) is 0.485. The average molecular weight is 404 g/mol. The van der Waals surface area contributed by atoms with Crippen LogP contribution in [-0.4, -0.2) is 37.3 Å². The van der Waals surface area contributed by atoms with Gasteiger partial charge in [0.15, 0.2) is 0 Å². The highest BCUT2D eigenvalue weighted by Crippen LogP contribution is 2.13. The lowest BCUT2D eigenvalue weighted by molar-refractivity contribution is -0.143. The molecule has 0 bridgehead atoms. The van der Waals surface area contributed by atoms with E-state index in [4.69, 9.17) is 9.47 Å². The van der Waals surface area contributed by atoms with Gasteiger partial charge in [0, 0.05) is 0 Å². The van der Waals surface area contributed by atoms with Gasteiger partial charge in [-0.3, -0.25) is 10.1 Å². The van der Waals surface area contributed by atoms with E-state index in [9.17, 15) is 14.9 Å². The molecule has 3 atom stereocenters.